The maximum atomic E-state index is 13.2. The van der Waals surface area contributed by atoms with Gasteiger partial charge in [0.25, 0.3) is 5.91 Å². The number of benzene rings is 2. The standard InChI is InChI=1S/C29H32N2O2S2/c1-21-9-2-7-14-26(21)33-18-8-16-30-20-23(24-12-5-6-13-25(24)30)19-27-28(32)31(29(34)35-27)17-15-22-10-3-4-11-22/h2,5-7,9,12-14,19-20,22H,3-4,8,10-11,15-18H2,1H3/b27-19-. The Bertz CT molecular complexity index is 1260. The van der Waals surface area contributed by atoms with Crippen LogP contribution in [0.1, 0.15) is 49.7 Å². The van der Waals surface area contributed by atoms with Gasteiger partial charge in [0, 0.05) is 35.8 Å². The molecule has 0 bridgehead atoms. The van der Waals surface area contributed by atoms with Gasteiger partial charge in [-0.05, 0) is 49.5 Å². The predicted octanol–water partition coefficient (Wildman–Crippen LogP) is 7.20. The van der Waals surface area contributed by atoms with E-state index in [-0.39, 0.29) is 5.91 Å². The van der Waals surface area contributed by atoms with Crippen molar-refractivity contribution < 1.29 is 9.53 Å². The Morgan fingerprint density at radius 1 is 1.09 bits per heavy atom. The molecule has 0 atom stereocenters. The van der Waals surface area contributed by atoms with E-state index in [0.29, 0.717) is 10.9 Å². The van der Waals surface area contributed by atoms with Crippen LogP contribution >= 0.6 is 24.0 Å². The Morgan fingerprint density at radius 3 is 2.69 bits per heavy atom. The Kier molecular flexibility index (Phi) is 7.59. The second-order valence-corrected chi connectivity index (χ2v) is 11.2. The molecule has 2 fully saturated rings. The summed E-state index contributed by atoms with van der Waals surface area (Å²) in [6.45, 7) is 4.32. The minimum atomic E-state index is 0.0569. The second-order valence-electron chi connectivity index (χ2n) is 9.54. The summed E-state index contributed by atoms with van der Waals surface area (Å²) < 4.78 is 8.95. The van der Waals surface area contributed by atoms with Crippen LogP contribution in [0, 0.1) is 12.8 Å². The third-order valence-corrected chi connectivity index (χ3v) is 8.49. The van der Waals surface area contributed by atoms with Crippen molar-refractivity contribution in [2.45, 2.75) is 52.0 Å². The molecule has 2 aliphatic rings. The molecule has 35 heavy (non-hydrogen) atoms. The first-order valence-electron chi connectivity index (χ1n) is 12.6. The minimum Gasteiger partial charge on any atom is -0.493 e. The van der Waals surface area contributed by atoms with Crippen molar-refractivity contribution in [3.05, 3.63) is 70.8 Å². The molecule has 1 aliphatic carbocycles. The molecule has 1 amide bonds. The van der Waals surface area contributed by atoms with Gasteiger partial charge in [-0.3, -0.25) is 9.69 Å². The normalized spacial score (nSPS) is 17.9. The van der Waals surface area contributed by atoms with Gasteiger partial charge in [-0.1, -0.05) is 86.1 Å². The van der Waals surface area contributed by atoms with Crippen LogP contribution in [0.2, 0.25) is 0 Å². The van der Waals surface area contributed by atoms with Gasteiger partial charge in [-0.2, -0.15) is 0 Å². The second kappa shape index (κ2) is 11.0. The quantitative estimate of drug-likeness (QED) is 0.175. The largest absolute Gasteiger partial charge is 0.493 e. The van der Waals surface area contributed by atoms with Crippen molar-refractivity contribution in [3.8, 4) is 5.75 Å². The van der Waals surface area contributed by atoms with Crippen LogP contribution in [-0.2, 0) is 11.3 Å². The van der Waals surface area contributed by atoms with E-state index in [2.05, 4.69) is 48.0 Å². The highest BCUT2D eigenvalue weighted by Crippen LogP contribution is 2.36. The lowest BCUT2D eigenvalue weighted by Gasteiger charge is -2.17. The van der Waals surface area contributed by atoms with Crippen LogP contribution in [0.3, 0.4) is 0 Å². The fraction of sp³-hybridized carbons (Fsp3) is 0.379. The van der Waals surface area contributed by atoms with E-state index < -0.39 is 0 Å². The molecule has 0 unspecified atom stereocenters. The number of fused-ring (bicyclic) bond motifs is 1. The zero-order valence-corrected chi connectivity index (χ0v) is 21.9. The molecule has 0 spiro atoms. The molecule has 1 aromatic heterocycles. The maximum Gasteiger partial charge on any atom is 0.266 e. The number of thiocarbonyl (C=S) groups is 1. The van der Waals surface area contributed by atoms with Crippen molar-refractivity contribution in [3.63, 3.8) is 0 Å². The van der Waals surface area contributed by atoms with Gasteiger partial charge in [0.15, 0.2) is 0 Å². The summed E-state index contributed by atoms with van der Waals surface area (Å²) in [6, 6.07) is 16.5. The lowest BCUT2D eigenvalue weighted by Crippen LogP contribution is -2.30. The molecular formula is C29H32N2O2S2. The third-order valence-electron chi connectivity index (χ3n) is 7.11. The number of para-hydroxylation sites is 2. The zero-order chi connectivity index (χ0) is 24.2. The van der Waals surface area contributed by atoms with Crippen molar-refractivity contribution in [2.24, 2.45) is 5.92 Å². The highest BCUT2D eigenvalue weighted by Gasteiger charge is 2.32. The Hall–Kier alpha value is -2.57. The van der Waals surface area contributed by atoms with Crippen LogP contribution in [0.25, 0.3) is 17.0 Å². The first kappa shape index (κ1) is 24.1. The van der Waals surface area contributed by atoms with E-state index in [1.54, 1.807) is 0 Å². The number of amides is 1. The summed E-state index contributed by atoms with van der Waals surface area (Å²) in [5.41, 5.74) is 3.39. The van der Waals surface area contributed by atoms with Gasteiger partial charge >= 0.3 is 0 Å². The van der Waals surface area contributed by atoms with Gasteiger partial charge in [0.1, 0.15) is 10.1 Å². The van der Waals surface area contributed by atoms with Crippen LogP contribution in [0.15, 0.2) is 59.6 Å². The molecule has 0 N–H and O–H groups in total. The topological polar surface area (TPSA) is 34.5 Å². The zero-order valence-electron chi connectivity index (χ0n) is 20.2. The number of carbonyl (C=O) groups is 1. The van der Waals surface area contributed by atoms with E-state index in [1.165, 1.54) is 43.0 Å². The number of hydrogen-bond donors (Lipinski definition) is 0. The number of carbonyl (C=O) groups excluding carboxylic acids is 1. The molecule has 3 aromatic rings. The number of nitrogens with zero attached hydrogens (tertiary/aromatic N) is 2. The lowest BCUT2D eigenvalue weighted by atomic mass is 10.0. The van der Waals surface area contributed by atoms with Gasteiger partial charge in [0.05, 0.1) is 11.5 Å². The van der Waals surface area contributed by atoms with Gasteiger partial charge < -0.3 is 9.30 Å². The molecule has 1 aliphatic heterocycles. The Labute approximate surface area is 217 Å². The molecule has 6 heteroatoms. The fourth-order valence-electron chi connectivity index (χ4n) is 5.16. The lowest BCUT2D eigenvalue weighted by molar-refractivity contribution is -0.122. The van der Waals surface area contributed by atoms with E-state index >= 15 is 0 Å². The van der Waals surface area contributed by atoms with Crippen LogP contribution in [0.5, 0.6) is 5.75 Å². The van der Waals surface area contributed by atoms with Crippen molar-refractivity contribution >= 4 is 51.2 Å². The average molecular weight is 505 g/mol. The van der Waals surface area contributed by atoms with Crippen LogP contribution in [0.4, 0.5) is 0 Å². The third kappa shape index (κ3) is 5.49. The first-order chi connectivity index (χ1) is 17.1. The molecular weight excluding hydrogens is 472 g/mol. The highest BCUT2D eigenvalue weighted by molar-refractivity contribution is 8.26. The Balaban J connectivity index is 1.27. The summed E-state index contributed by atoms with van der Waals surface area (Å²) in [5.74, 6) is 1.75. The van der Waals surface area contributed by atoms with Crippen molar-refractivity contribution in [1.29, 1.82) is 0 Å². The highest BCUT2D eigenvalue weighted by atomic mass is 32.2. The van der Waals surface area contributed by atoms with Crippen LogP contribution in [-0.4, -0.2) is 32.8 Å². The number of rotatable bonds is 9. The maximum absolute atomic E-state index is 13.2. The number of aromatic nitrogens is 1. The van der Waals surface area contributed by atoms with Crippen molar-refractivity contribution in [2.75, 3.05) is 13.2 Å². The molecule has 1 saturated carbocycles. The molecule has 0 radical (unpaired) electrons. The minimum absolute atomic E-state index is 0.0569. The summed E-state index contributed by atoms with van der Waals surface area (Å²) in [4.78, 5) is 15.7. The molecule has 2 heterocycles. The number of ether oxygens (including phenoxy) is 1. The molecule has 182 valence electrons. The molecule has 4 nitrogen and oxygen atoms in total. The van der Waals surface area contributed by atoms with E-state index in [1.807, 2.05) is 29.2 Å². The van der Waals surface area contributed by atoms with Gasteiger partial charge in [0.2, 0.25) is 0 Å². The number of hydrogen-bond acceptors (Lipinski definition) is 4. The van der Waals surface area contributed by atoms with E-state index in [0.717, 1.165) is 59.0 Å². The number of aryl methyl sites for hydroxylation is 2. The summed E-state index contributed by atoms with van der Waals surface area (Å²) in [6.07, 6.45) is 11.4. The fourth-order valence-corrected chi connectivity index (χ4v) is 6.45. The van der Waals surface area contributed by atoms with Crippen LogP contribution < -0.4 is 4.74 Å². The monoisotopic (exact) mass is 504 g/mol. The number of thioether (sulfide) groups is 1. The average Bonchev–Trinajstić information content (AvgIpc) is 3.57. The summed E-state index contributed by atoms with van der Waals surface area (Å²) >= 11 is 7.02. The SMILES string of the molecule is Cc1ccccc1OCCCn1cc(/C=C2\SC(=S)N(CCC3CCCC3)C2=O)c2ccccc21. The van der Waals surface area contributed by atoms with E-state index in [9.17, 15) is 4.79 Å². The summed E-state index contributed by atoms with van der Waals surface area (Å²) in [7, 11) is 0. The smallest absolute Gasteiger partial charge is 0.266 e. The summed E-state index contributed by atoms with van der Waals surface area (Å²) in [5, 5.41) is 1.16. The first-order valence-corrected chi connectivity index (χ1v) is 13.8. The predicted molar refractivity (Wildman–Crippen MR) is 150 cm³/mol. The van der Waals surface area contributed by atoms with E-state index in [4.69, 9.17) is 17.0 Å². The van der Waals surface area contributed by atoms with Gasteiger partial charge in [-0.25, -0.2) is 0 Å². The van der Waals surface area contributed by atoms with Gasteiger partial charge in [-0.15, -0.1) is 0 Å². The van der Waals surface area contributed by atoms with Crippen molar-refractivity contribution in [1.82, 2.24) is 9.47 Å². The molecule has 2 aromatic carbocycles. The molecule has 5 rings (SSSR count). The molecule has 1 saturated heterocycles. The Morgan fingerprint density at radius 2 is 1.86 bits per heavy atom.